The molecule has 5 heteroatoms. The molecule has 1 aliphatic rings. The van der Waals surface area contributed by atoms with Crippen LogP contribution in [0.3, 0.4) is 0 Å². The van der Waals surface area contributed by atoms with Crippen molar-refractivity contribution < 1.29 is 19.1 Å². The van der Waals surface area contributed by atoms with Gasteiger partial charge >= 0.3 is 11.9 Å². The van der Waals surface area contributed by atoms with Gasteiger partial charge in [0.15, 0.2) is 6.10 Å². The van der Waals surface area contributed by atoms with Crippen LogP contribution >= 0.6 is 0 Å². The maximum Gasteiger partial charge on any atom is 0.343 e. The molecule has 1 fully saturated rings. The normalized spacial score (nSPS) is 14.1. The molecule has 4 rings (SSSR count). The van der Waals surface area contributed by atoms with Crippen molar-refractivity contribution in [1.29, 1.82) is 5.26 Å². The minimum absolute atomic E-state index is 0.0959. The summed E-state index contributed by atoms with van der Waals surface area (Å²) in [6, 6.07) is 24.4. The summed E-state index contributed by atoms with van der Waals surface area (Å²) in [6.45, 7) is 2.24. The predicted molar refractivity (Wildman–Crippen MR) is 162 cm³/mol. The molecule has 0 amide bonds. The van der Waals surface area contributed by atoms with Crippen LogP contribution in [0.25, 0.3) is 11.1 Å². The lowest BCUT2D eigenvalue weighted by Gasteiger charge is -2.25. The Kier molecular flexibility index (Phi) is 11.6. The van der Waals surface area contributed by atoms with E-state index in [2.05, 4.69) is 37.3 Å². The van der Waals surface area contributed by atoms with Crippen LogP contribution in [0.2, 0.25) is 0 Å². The van der Waals surface area contributed by atoms with Crippen LogP contribution < -0.4 is 4.74 Å². The van der Waals surface area contributed by atoms with Crippen LogP contribution in [-0.4, -0.2) is 18.0 Å². The van der Waals surface area contributed by atoms with E-state index in [0.29, 0.717) is 16.9 Å². The Bertz CT molecular complexity index is 1280. The largest absolute Gasteiger partial charge is 0.443 e. The van der Waals surface area contributed by atoms with Crippen molar-refractivity contribution in [3.05, 3.63) is 89.5 Å². The van der Waals surface area contributed by atoms with Gasteiger partial charge in [0.1, 0.15) is 11.8 Å². The third-order valence-electron chi connectivity index (χ3n) is 7.97. The van der Waals surface area contributed by atoms with Crippen molar-refractivity contribution in [2.45, 2.75) is 90.1 Å². The van der Waals surface area contributed by atoms with E-state index in [1.807, 2.05) is 12.1 Å². The van der Waals surface area contributed by atoms with Gasteiger partial charge in [-0.05, 0) is 78.8 Å². The van der Waals surface area contributed by atoms with Gasteiger partial charge in [0.2, 0.25) is 0 Å². The zero-order chi connectivity index (χ0) is 28.9. The molecular weight excluding hydrogens is 510 g/mol. The summed E-state index contributed by atoms with van der Waals surface area (Å²) in [5.74, 6) is -0.576. The van der Waals surface area contributed by atoms with Crippen LogP contribution in [0.15, 0.2) is 72.8 Å². The smallest absolute Gasteiger partial charge is 0.343 e. The molecule has 1 saturated carbocycles. The zero-order valence-corrected chi connectivity index (χ0v) is 24.1. The fourth-order valence-corrected chi connectivity index (χ4v) is 5.45. The summed E-state index contributed by atoms with van der Waals surface area (Å²) < 4.78 is 11.0. The van der Waals surface area contributed by atoms with Crippen LogP contribution in [-0.2, 0) is 11.2 Å². The molecule has 3 aromatic rings. The highest BCUT2D eigenvalue weighted by Crippen LogP contribution is 2.28. The molecule has 41 heavy (non-hydrogen) atoms. The molecular formula is C36H41NO4. The van der Waals surface area contributed by atoms with Gasteiger partial charge in [-0.15, -0.1) is 0 Å². The van der Waals surface area contributed by atoms with Gasteiger partial charge in [-0.1, -0.05) is 94.7 Å². The molecule has 0 spiro atoms. The second-order valence-corrected chi connectivity index (χ2v) is 11.1. The second-order valence-electron chi connectivity index (χ2n) is 11.1. The Balaban J connectivity index is 1.26. The Labute approximate surface area is 244 Å². The molecule has 0 N–H and O–H groups in total. The lowest BCUT2D eigenvalue weighted by atomic mass is 9.85. The van der Waals surface area contributed by atoms with E-state index in [4.69, 9.17) is 9.47 Å². The number of aryl methyl sites for hydroxylation is 1. The van der Waals surface area contributed by atoms with E-state index >= 15 is 0 Å². The van der Waals surface area contributed by atoms with E-state index in [1.54, 1.807) is 36.4 Å². The van der Waals surface area contributed by atoms with E-state index in [1.165, 1.54) is 50.5 Å². The molecule has 214 valence electrons. The number of unbranched alkanes of at least 4 members (excludes halogenated alkanes) is 5. The highest BCUT2D eigenvalue weighted by Gasteiger charge is 2.27. The fourth-order valence-electron chi connectivity index (χ4n) is 5.45. The number of esters is 2. The minimum atomic E-state index is -0.730. The first-order valence-corrected chi connectivity index (χ1v) is 15.2. The Morgan fingerprint density at radius 3 is 1.95 bits per heavy atom. The SMILES string of the molecule is CCCCCCCCc1ccc(-c2ccc(C(=O)Oc3ccc(C(=O)OC(C#N)C4CCCCC4)cc3)cc2)cc1. The highest BCUT2D eigenvalue weighted by molar-refractivity contribution is 5.92. The lowest BCUT2D eigenvalue weighted by molar-refractivity contribution is 0.0246. The van der Waals surface area contributed by atoms with Crippen LogP contribution in [0, 0.1) is 17.2 Å². The van der Waals surface area contributed by atoms with Crippen LogP contribution in [0.1, 0.15) is 104 Å². The van der Waals surface area contributed by atoms with E-state index in [0.717, 1.165) is 43.2 Å². The maximum absolute atomic E-state index is 12.7. The first-order valence-electron chi connectivity index (χ1n) is 15.2. The van der Waals surface area contributed by atoms with Gasteiger partial charge in [0, 0.05) is 5.92 Å². The molecule has 5 nitrogen and oxygen atoms in total. The van der Waals surface area contributed by atoms with Gasteiger partial charge in [-0.25, -0.2) is 9.59 Å². The minimum Gasteiger partial charge on any atom is -0.443 e. The Morgan fingerprint density at radius 1 is 0.756 bits per heavy atom. The van der Waals surface area contributed by atoms with Crippen molar-refractivity contribution in [1.82, 2.24) is 0 Å². The Hall–Kier alpha value is -3.91. The molecule has 0 aliphatic heterocycles. The number of carbonyl (C=O) groups excluding carboxylic acids is 2. The third-order valence-corrected chi connectivity index (χ3v) is 7.97. The summed E-state index contributed by atoms with van der Waals surface area (Å²) >= 11 is 0. The van der Waals surface area contributed by atoms with E-state index in [9.17, 15) is 14.9 Å². The topological polar surface area (TPSA) is 76.4 Å². The molecule has 0 aromatic heterocycles. The predicted octanol–water partition coefficient (Wildman–Crippen LogP) is 9.11. The second kappa shape index (κ2) is 15.8. The fraction of sp³-hybridized carbons (Fsp3) is 0.417. The maximum atomic E-state index is 12.7. The molecule has 0 radical (unpaired) electrons. The molecule has 0 saturated heterocycles. The summed E-state index contributed by atoms with van der Waals surface area (Å²) in [7, 11) is 0. The van der Waals surface area contributed by atoms with Gasteiger partial charge in [0.05, 0.1) is 11.1 Å². The van der Waals surface area contributed by atoms with Gasteiger partial charge in [-0.3, -0.25) is 0 Å². The molecule has 3 aromatic carbocycles. The zero-order valence-electron chi connectivity index (χ0n) is 24.1. The molecule has 1 atom stereocenters. The lowest BCUT2D eigenvalue weighted by Crippen LogP contribution is -2.27. The summed E-state index contributed by atoms with van der Waals surface area (Å²) in [6.07, 6.45) is 13.3. The van der Waals surface area contributed by atoms with Crippen molar-refractivity contribution in [3.63, 3.8) is 0 Å². The standard InChI is InChI=1S/C36H41NO4/c1-2-3-4-5-6-8-11-27-14-16-28(17-15-27)29-18-20-31(21-19-29)35(38)40-33-24-22-32(23-25-33)36(39)41-34(26-37)30-12-9-7-10-13-30/h14-25,30,34H,2-13H2,1H3. The van der Waals surface area contributed by atoms with Crippen molar-refractivity contribution in [3.8, 4) is 22.9 Å². The monoisotopic (exact) mass is 551 g/mol. The quantitative estimate of drug-likeness (QED) is 0.120. The first kappa shape index (κ1) is 30.1. The number of benzene rings is 3. The average molecular weight is 552 g/mol. The van der Waals surface area contributed by atoms with Gasteiger partial charge in [-0.2, -0.15) is 5.26 Å². The number of hydrogen-bond acceptors (Lipinski definition) is 5. The Morgan fingerprint density at radius 2 is 1.32 bits per heavy atom. The highest BCUT2D eigenvalue weighted by atomic mass is 16.5. The number of hydrogen-bond donors (Lipinski definition) is 0. The number of nitriles is 1. The number of rotatable bonds is 13. The van der Waals surface area contributed by atoms with Crippen molar-refractivity contribution in [2.24, 2.45) is 5.92 Å². The number of nitrogens with zero attached hydrogens (tertiary/aromatic N) is 1. The number of carbonyl (C=O) groups is 2. The third kappa shape index (κ3) is 9.05. The molecule has 1 unspecified atom stereocenters. The number of ether oxygens (including phenoxy) is 2. The van der Waals surface area contributed by atoms with Crippen LogP contribution in [0.5, 0.6) is 5.75 Å². The molecule has 0 bridgehead atoms. The molecule has 0 heterocycles. The summed E-state index contributed by atoms with van der Waals surface area (Å²) in [5.41, 5.74) is 4.28. The van der Waals surface area contributed by atoms with Crippen molar-refractivity contribution >= 4 is 11.9 Å². The summed E-state index contributed by atoms with van der Waals surface area (Å²) in [4.78, 5) is 25.3. The van der Waals surface area contributed by atoms with E-state index in [-0.39, 0.29) is 5.92 Å². The summed E-state index contributed by atoms with van der Waals surface area (Å²) in [5, 5.41) is 9.49. The van der Waals surface area contributed by atoms with E-state index < -0.39 is 18.0 Å². The van der Waals surface area contributed by atoms with Crippen LogP contribution in [0.4, 0.5) is 0 Å². The molecule has 1 aliphatic carbocycles. The average Bonchev–Trinajstić information content (AvgIpc) is 3.02. The van der Waals surface area contributed by atoms with Gasteiger partial charge in [0.25, 0.3) is 0 Å². The van der Waals surface area contributed by atoms with Crippen molar-refractivity contribution in [2.75, 3.05) is 0 Å². The first-order chi connectivity index (χ1) is 20.1. The van der Waals surface area contributed by atoms with Gasteiger partial charge < -0.3 is 9.47 Å².